The Kier molecular flexibility index (Phi) is 3.31. The van der Waals surface area contributed by atoms with Gasteiger partial charge in [-0.25, -0.2) is 4.98 Å². The van der Waals surface area contributed by atoms with Crippen LogP contribution in [0.1, 0.15) is 12.5 Å². The van der Waals surface area contributed by atoms with Crippen LogP contribution in [0.15, 0.2) is 17.0 Å². The summed E-state index contributed by atoms with van der Waals surface area (Å²) in [6.07, 6.45) is 5.04. The zero-order chi connectivity index (χ0) is 12.9. The van der Waals surface area contributed by atoms with E-state index in [1.165, 1.54) is 10.9 Å². The van der Waals surface area contributed by atoms with E-state index >= 15 is 0 Å². The number of hydrogen-bond acceptors (Lipinski definition) is 3. The summed E-state index contributed by atoms with van der Waals surface area (Å²) in [5.74, 6) is 0. The predicted octanol–water partition coefficient (Wildman–Crippen LogP) is 4.09. The molecule has 0 N–H and O–H groups in total. The topological polar surface area (TPSA) is 35.6 Å². The number of nitrogens with zero attached hydrogens (tertiary/aromatic N) is 4. The molecule has 0 aliphatic heterocycles. The summed E-state index contributed by atoms with van der Waals surface area (Å²) in [7, 11) is 3.61. The minimum absolute atomic E-state index is 0.853. The van der Waals surface area contributed by atoms with Crippen LogP contribution in [0.3, 0.4) is 0 Å². The largest absolute Gasteiger partial charge is 0.266 e. The van der Waals surface area contributed by atoms with Crippen molar-refractivity contribution >= 4 is 68.2 Å². The van der Waals surface area contributed by atoms with Crippen molar-refractivity contribution in [2.75, 3.05) is 0 Å². The first-order valence-corrected chi connectivity index (χ1v) is 9.58. The summed E-state index contributed by atoms with van der Waals surface area (Å²) in [5, 5.41) is 6.70. The molecule has 0 fully saturated rings. The van der Waals surface area contributed by atoms with Crippen LogP contribution >= 0.6 is 46.3 Å². The van der Waals surface area contributed by atoms with Crippen molar-refractivity contribution in [2.24, 2.45) is 7.05 Å². The first kappa shape index (κ1) is 12.7. The van der Waals surface area contributed by atoms with Gasteiger partial charge in [-0.2, -0.15) is 5.10 Å². The third kappa shape index (κ3) is 1.70. The molecule has 0 aliphatic carbocycles. The van der Waals surface area contributed by atoms with Crippen LogP contribution in [-0.4, -0.2) is 18.7 Å². The molecule has 0 amide bonds. The first-order valence-electron chi connectivity index (χ1n) is 5.47. The van der Waals surface area contributed by atoms with Crippen LogP contribution in [0.5, 0.6) is 0 Å². The van der Waals surface area contributed by atoms with Crippen LogP contribution in [0.4, 0.5) is 0 Å². The van der Waals surface area contributed by atoms with Crippen molar-refractivity contribution in [3.05, 3.63) is 22.6 Å². The van der Waals surface area contributed by atoms with E-state index in [9.17, 15) is 0 Å². The lowest BCUT2D eigenvalue weighted by molar-refractivity contribution is 0.790. The Balaban J connectivity index is 2.56. The molecular formula is C11H10BrIN4S. The van der Waals surface area contributed by atoms with Crippen LogP contribution < -0.4 is 0 Å². The molecule has 0 radical (unpaired) electrons. The molecule has 0 spiro atoms. The van der Waals surface area contributed by atoms with Crippen LogP contribution in [0, 0.1) is 0 Å². The molecule has 94 valence electrons. The van der Waals surface area contributed by atoms with Crippen molar-refractivity contribution in [3.63, 3.8) is 0 Å². The molecule has 0 saturated carbocycles. The van der Waals surface area contributed by atoms with Gasteiger partial charge in [-0.15, -0.1) is 0 Å². The van der Waals surface area contributed by atoms with Gasteiger partial charge in [0.1, 0.15) is 4.60 Å². The summed E-state index contributed by atoms with van der Waals surface area (Å²) in [5.41, 5.74) is 3.46. The summed E-state index contributed by atoms with van der Waals surface area (Å²) in [4.78, 5) is 4.58. The molecule has 3 rings (SSSR count). The highest BCUT2D eigenvalue weighted by molar-refractivity contribution is 14.2. The summed E-state index contributed by atoms with van der Waals surface area (Å²) in [6.45, 7) is 2.17. The van der Waals surface area contributed by atoms with E-state index in [1.54, 1.807) is 9.12 Å². The van der Waals surface area contributed by atoms with Gasteiger partial charge in [-0.05, 0) is 27.9 Å². The Morgan fingerprint density at radius 1 is 1.50 bits per heavy atom. The number of aromatic nitrogens is 4. The summed E-state index contributed by atoms with van der Waals surface area (Å²) in [6, 6.07) is 0. The number of halogens is 2. The van der Waals surface area contributed by atoms with Gasteiger partial charge in [0.25, 0.3) is 0 Å². The lowest BCUT2D eigenvalue weighted by Gasteiger charge is -2.00. The number of fused-ring (bicyclic) bond motifs is 3. The van der Waals surface area contributed by atoms with Crippen molar-refractivity contribution in [1.29, 1.82) is 0 Å². The van der Waals surface area contributed by atoms with Gasteiger partial charge in [0.15, 0.2) is 5.65 Å². The molecule has 0 aromatic carbocycles. The summed E-state index contributed by atoms with van der Waals surface area (Å²) < 4.78 is 4.88. The third-order valence-corrected chi connectivity index (χ3v) is 5.36. The monoisotopic (exact) mass is 436 g/mol. The highest BCUT2D eigenvalue weighted by Gasteiger charge is 2.17. The van der Waals surface area contributed by atoms with Crippen molar-refractivity contribution in [3.8, 4) is 0 Å². The van der Waals surface area contributed by atoms with Crippen LogP contribution in [-0.2, 0) is 13.5 Å². The third-order valence-electron chi connectivity index (χ3n) is 3.07. The fourth-order valence-corrected chi connectivity index (χ4v) is 4.07. The van der Waals surface area contributed by atoms with E-state index in [-0.39, 0.29) is 0 Å². The quantitative estimate of drug-likeness (QED) is 0.567. The highest BCUT2D eigenvalue weighted by Crippen LogP contribution is 2.34. The van der Waals surface area contributed by atoms with Crippen molar-refractivity contribution in [1.82, 2.24) is 18.7 Å². The van der Waals surface area contributed by atoms with E-state index in [4.69, 9.17) is 0 Å². The fourth-order valence-electron chi connectivity index (χ4n) is 2.27. The van der Waals surface area contributed by atoms with Crippen molar-refractivity contribution in [2.45, 2.75) is 13.3 Å². The second-order valence-electron chi connectivity index (χ2n) is 4.04. The standard InChI is InChI=1S/C11H10BrIN4S/c1-3-6-5-17(18-13)11-8(6)9-7(4-14-11)10(12)15-16(9)2/h4-5H,3H2,1-2H3. The number of pyridine rings is 1. The predicted molar refractivity (Wildman–Crippen MR) is 88.1 cm³/mol. The Bertz CT molecular complexity index is 748. The normalized spacial score (nSPS) is 11.8. The molecule has 0 saturated heterocycles. The molecule has 0 unspecified atom stereocenters. The van der Waals surface area contributed by atoms with Crippen molar-refractivity contribution < 1.29 is 0 Å². The molecule has 3 aromatic rings. The Hall–Kier alpha value is -0.280. The second-order valence-corrected chi connectivity index (χ2v) is 6.50. The maximum absolute atomic E-state index is 4.58. The van der Waals surface area contributed by atoms with E-state index in [0.29, 0.717) is 0 Å². The fraction of sp³-hybridized carbons (Fsp3) is 0.273. The number of rotatable bonds is 2. The second kappa shape index (κ2) is 4.68. The lowest BCUT2D eigenvalue weighted by atomic mass is 10.1. The molecule has 0 atom stereocenters. The molecule has 0 aliphatic rings. The van der Waals surface area contributed by atoms with Gasteiger partial charge in [0.2, 0.25) is 0 Å². The van der Waals surface area contributed by atoms with Crippen LogP contribution in [0.25, 0.3) is 21.9 Å². The van der Waals surface area contributed by atoms with E-state index in [2.05, 4.69) is 64.3 Å². The molecule has 7 heteroatoms. The molecule has 18 heavy (non-hydrogen) atoms. The highest BCUT2D eigenvalue weighted by atomic mass is 127. The van der Waals surface area contributed by atoms with Gasteiger partial charge >= 0.3 is 0 Å². The molecular weight excluding hydrogens is 427 g/mol. The zero-order valence-corrected chi connectivity index (χ0v) is 14.4. The van der Waals surface area contributed by atoms with E-state index < -0.39 is 0 Å². The zero-order valence-electron chi connectivity index (χ0n) is 9.81. The minimum atomic E-state index is 0.853. The SMILES string of the molecule is CCc1cn(SI)c2ncc3c(Br)nn(C)c3c12. The van der Waals surface area contributed by atoms with E-state index in [1.807, 2.05) is 17.9 Å². The lowest BCUT2D eigenvalue weighted by Crippen LogP contribution is -1.92. The van der Waals surface area contributed by atoms with Gasteiger partial charge in [-0.3, -0.25) is 8.65 Å². The average Bonchev–Trinajstić information content (AvgIpc) is 2.87. The van der Waals surface area contributed by atoms with Crippen LogP contribution in [0.2, 0.25) is 0 Å². The summed E-state index contributed by atoms with van der Waals surface area (Å²) >= 11 is 5.76. The van der Waals surface area contributed by atoms with E-state index in [0.717, 1.165) is 27.6 Å². The average molecular weight is 437 g/mol. The Morgan fingerprint density at radius 2 is 2.28 bits per heavy atom. The molecule has 3 heterocycles. The minimum Gasteiger partial charge on any atom is -0.266 e. The maximum atomic E-state index is 4.58. The molecule has 3 aromatic heterocycles. The maximum Gasteiger partial charge on any atom is 0.153 e. The number of hydrogen-bond donors (Lipinski definition) is 0. The van der Waals surface area contributed by atoms with Gasteiger partial charge in [0.05, 0.1) is 10.9 Å². The Morgan fingerprint density at radius 3 is 2.94 bits per heavy atom. The van der Waals surface area contributed by atoms with Gasteiger partial charge in [-0.1, -0.05) is 6.92 Å². The molecule has 4 nitrogen and oxygen atoms in total. The molecule has 0 bridgehead atoms. The van der Waals surface area contributed by atoms with Gasteiger partial charge in [0, 0.05) is 55.2 Å². The van der Waals surface area contributed by atoms with Gasteiger partial charge < -0.3 is 0 Å². The first-order chi connectivity index (χ1) is 8.67. The number of aryl methyl sites for hydroxylation is 2. The smallest absolute Gasteiger partial charge is 0.153 e. The Labute approximate surface area is 129 Å².